The number of hydrogen-bond acceptors (Lipinski definition) is 2. The van der Waals surface area contributed by atoms with Crippen LogP contribution in [0.25, 0.3) is 22.6 Å². The minimum atomic E-state index is 0.555. The van der Waals surface area contributed by atoms with E-state index >= 15 is 0 Å². The summed E-state index contributed by atoms with van der Waals surface area (Å²) >= 11 is 0. The Morgan fingerprint density at radius 1 is 1.13 bits per heavy atom. The zero-order valence-electron chi connectivity index (χ0n) is 12.8. The number of aryl methyl sites for hydroxylation is 1. The van der Waals surface area contributed by atoms with Crippen molar-refractivity contribution < 1.29 is 0 Å². The van der Waals surface area contributed by atoms with Crippen molar-refractivity contribution in [3.05, 3.63) is 71.4 Å². The predicted molar refractivity (Wildman–Crippen MR) is 92.3 cm³/mol. The highest BCUT2D eigenvalue weighted by Gasteiger charge is 2.08. The fraction of sp³-hybridized carbons (Fsp3) is 0.100. The Balaban J connectivity index is 2.16. The van der Waals surface area contributed by atoms with Crippen LogP contribution in [-0.4, -0.2) is 4.57 Å². The van der Waals surface area contributed by atoms with Gasteiger partial charge < -0.3 is 4.57 Å². The van der Waals surface area contributed by atoms with Crippen LogP contribution < -0.4 is 0 Å². The van der Waals surface area contributed by atoms with E-state index in [0.717, 1.165) is 28.6 Å². The third-order valence-corrected chi connectivity index (χ3v) is 3.88. The molecule has 23 heavy (non-hydrogen) atoms. The molecule has 3 heteroatoms. The minimum Gasteiger partial charge on any atom is -0.347 e. The topological polar surface area (TPSA) is 52.5 Å². The first-order valence-corrected chi connectivity index (χ1v) is 7.47. The van der Waals surface area contributed by atoms with Gasteiger partial charge >= 0.3 is 0 Å². The van der Waals surface area contributed by atoms with Crippen molar-refractivity contribution in [2.24, 2.45) is 0 Å². The summed E-state index contributed by atoms with van der Waals surface area (Å²) < 4.78 is 2.17. The minimum absolute atomic E-state index is 0.555. The average molecular weight is 297 g/mol. The van der Waals surface area contributed by atoms with Crippen LogP contribution in [0.2, 0.25) is 0 Å². The molecule has 0 N–H and O–H groups in total. The van der Waals surface area contributed by atoms with Gasteiger partial charge in [0.1, 0.15) is 0 Å². The molecule has 0 amide bonds. The Morgan fingerprint density at radius 2 is 1.96 bits per heavy atom. The summed E-state index contributed by atoms with van der Waals surface area (Å²) in [5, 5.41) is 19.7. The number of hydrogen-bond donors (Lipinski definition) is 0. The summed E-state index contributed by atoms with van der Waals surface area (Å²) in [6.07, 6.45) is 3.96. The second-order valence-corrected chi connectivity index (χ2v) is 5.25. The van der Waals surface area contributed by atoms with Crippen LogP contribution in [0, 0.1) is 22.7 Å². The Bertz CT molecular complexity index is 978. The van der Waals surface area contributed by atoms with Crippen LogP contribution >= 0.6 is 0 Å². The van der Waals surface area contributed by atoms with Gasteiger partial charge in [0.2, 0.25) is 0 Å². The van der Waals surface area contributed by atoms with Gasteiger partial charge in [-0.2, -0.15) is 10.5 Å². The normalized spacial score (nSPS) is 11.2. The molecule has 1 heterocycles. The van der Waals surface area contributed by atoms with Crippen LogP contribution in [0.3, 0.4) is 0 Å². The van der Waals surface area contributed by atoms with Crippen molar-refractivity contribution in [2.45, 2.75) is 13.5 Å². The highest BCUT2D eigenvalue weighted by Crippen LogP contribution is 2.26. The lowest BCUT2D eigenvalue weighted by molar-refractivity contribution is 0.797. The number of fused-ring (bicyclic) bond motifs is 1. The zero-order valence-corrected chi connectivity index (χ0v) is 12.8. The van der Waals surface area contributed by atoms with E-state index in [4.69, 9.17) is 5.26 Å². The molecular weight excluding hydrogens is 282 g/mol. The molecule has 0 bridgehead atoms. The molecule has 0 atom stereocenters. The first kappa shape index (κ1) is 14.6. The first-order valence-electron chi connectivity index (χ1n) is 7.47. The largest absolute Gasteiger partial charge is 0.347 e. The van der Waals surface area contributed by atoms with Gasteiger partial charge in [-0.3, -0.25) is 0 Å². The van der Waals surface area contributed by atoms with Crippen molar-refractivity contribution in [3.63, 3.8) is 0 Å². The van der Waals surface area contributed by atoms with Crippen molar-refractivity contribution in [3.8, 4) is 12.1 Å². The molecule has 0 fully saturated rings. The highest BCUT2D eigenvalue weighted by molar-refractivity contribution is 5.98. The van der Waals surface area contributed by atoms with Crippen LogP contribution in [-0.2, 0) is 6.54 Å². The average Bonchev–Trinajstić information content (AvgIpc) is 2.97. The summed E-state index contributed by atoms with van der Waals surface area (Å²) in [5.41, 5.74) is 4.05. The summed E-state index contributed by atoms with van der Waals surface area (Å²) in [5.74, 6) is 0. The lowest BCUT2D eigenvalue weighted by Gasteiger charge is -1.99. The van der Waals surface area contributed by atoms with E-state index in [0.29, 0.717) is 11.1 Å². The summed E-state index contributed by atoms with van der Waals surface area (Å²) in [7, 11) is 0. The predicted octanol–water partition coefficient (Wildman–Crippen LogP) is 4.60. The van der Waals surface area contributed by atoms with Crippen LogP contribution in [0.5, 0.6) is 0 Å². The maximum absolute atomic E-state index is 9.53. The van der Waals surface area contributed by atoms with Crippen LogP contribution in [0.4, 0.5) is 0 Å². The smallest absolute Gasteiger partial charge is 0.0998 e. The van der Waals surface area contributed by atoms with Gasteiger partial charge in [-0.05, 0) is 36.8 Å². The van der Waals surface area contributed by atoms with E-state index in [-0.39, 0.29) is 0 Å². The van der Waals surface area contributed by atoms with E-state index < -0.39 is 0 Å². The molecule has 0 unspecified atom stereocenters. The van der Waals surface area contributed by atoms with Crippen molar-refractivity contribution in [1.29, 1.82) is 10.5 Å². The standard InChI is InChI=1S/C20H15N3/c1-2-23-14-18(19-8-3-4-9-20(19)23)11-17(13-22)16-7-5-6-15(10-16)12-21/h3-11,14H,2H2,1H3/b17-11+. The monoisotopic (exact) mass is 297 g/mol. The second-order valence-electron chi connectivity index (χ2n) is 5.25. The van der Waals surface area contributed by atoms with Gasteiger partial charge in [0.25, 0.3) is 0 Å². The maximum atomic E-state index is 9.53. The molecule has 0 spiro atoms. The first-order chi connectivity index (χ1) is 11.3. The molecule has 0 saturated carbocycles. The lowest BCUT2D eigenvalue weighted by atomic mass is 10.0. The molecule has 3 rings (SSSR count). The van der Waals surface area contributed by atoms with Gasteiger partial charge in [-0.25, -0.2) is 0 Å². The molecule has 3 aromatic rings. The van der Waals surface area contributed by atoms with Gasteiger partial charge in [0.05, 0.1) is 23.3 Å². The molecule has 0 saturated heterocycles. The van der Waals surface area contributed by atoms with Gasteiger partial charge in [0, 0.05) is 29.2 Å². The van der Waals surface area contributed by atoms with Crippen molar-refractivity contribution >= 4 is 22.6 Å². The Hall–Kier alpha value is -3.30. The van der Waals surface area contributed by atoms with E-state index in [2.05, 4.69) is 42.0 Å². The summed E-state index contributed by atoms with van der Waals surface area (Å²) in [6, 6.07) is 19.7. The maximum Gasteiger partial charge on any atom is 0.0998 e. The molecule has 1 aromatic heterocycles. The number of benzene rings is 2. The number of allylic oxidation sites excluding steroid dienone is 1. The highest BCUT2D eigenvalue weighted by atomic mass is 14.9. The Labute approximate surface area is 135 Å². The Morgan fingerprint density at radius 3 is 2.70 bits per heavy atom. The second kappa shape index (κ2) is 6.22. The number of nitrogens with zero attached hydrogens (tertiary/aromatic N) is 3. The molecular formula is C20H15N3. The molecule has 2 aromatic carbocycles. The van der Waals surface area contributed by atoms with E-state index in [1.54, 1.807) is 18.2 Å². The van der Waals surface area contributed by atoms with Gasteiger partial charge in [-0.1, -0.05) is 30.3 Å². The van der Waals surface area contributed by atoms with Crippen molar-refractivity contribution in [1.82, 2.24) is 4.57 Å². The summed E-state index contributed by atoms with van der Waals surface area (Å²) in [6.45, 7) is 2.97. The lowest BCUT2D eigenvalue weighted by Crippen LogP contribution is -1.89. The Kier molecular flexibility index (Phi) is 3.95. The number of nitriles is 2. The SMILES string of the molecule is CCn1cc(/C=C(\C#N)c2cccc(C#N)c2)c2ccccc21. The van der Waals surface area contributed by atoms with Gasteiger partial charge in [-0.15, -0.1) is 0 Å². The quantitative estimate of drug-likeness (QED) is 0.663. The number of aromatic nitrogens is 1. The van der Waals surface area contributed by atoms with Crippen molar-refractivity contribution in [2.75, 3.05) is 0 Å². The molecule has 0 aliphatic carbocycles. The number of rotatable bonds is 3. The third kappa shape index (κ3) is 2.73. The van der Waals surface area contributed by atoms with E-state index in [1.165, 1.54) is 0 Å². The fourth-order valence-electron chi connectivity index (χ4n) is 2.74. The fourth-order valence-corrected chi connectivity index (χ4v) is 2.74. The molecule has 110 valence electrons. The van der Waals surface area contributed by atoms with Crippen LogP contribution in [0.1, 0.15) is 23.6 Å². The third-order valence-electron chi connectivity index (χ3n) is 3.88. The van der Waals surface area contributed by atoms with E-state index in [9.17, 15) is 5.26 Å². The zero-order chi connectivity index (χ0) is 16.2. The van der Waals surface area contributed by atoms with Gasteiger partial charge in [0.15, 0.2) is 0 Å². The van der Waals surface area contributed by atoms with Crippen LogP contribution in [0.15, 0.2) is 54.7 Å². The summed E-state index contributed by atoms with van der Waals surface area (Å²) in [4.78, 5) is 0. The molecule has 3 nitrogen and oxygen atoms in total. The molecule has 0 aliphatic heterocycles. The number of para-hydroxylation sites is 1. The molecule has 0 radical (unpaired) electrons. The molecule has 0 aliphatic rings. The van der Waals surface area contributed by atoms with E-state index in [1.807, 2.05) is 24.3 Å².